The number of nitrogens with zero attached hydrogens (tertiary/aromatic N) is 2. The predicted molar refractivity (Wildman–Crippen MR) is 110 cm³/mol. The third kappa shape index (κ3) is 5.54. The van der Waals surface area contributed by atoms with Gasteiger partial charge in [-0.1, -0.05) is 60.2 Å². The number of hydrogen-bond donors (Lipinski definition) is 1. The second-order valence-electron chi connectivity index (χ2n) is 7.28. The highest BCUT2D eigenvalue weighted by molar-refractivity contribution is 5.91. The molecular formula is C23H27N3O2. The van der Waals surface area contributed by atoms with Crippen LogP contribution < -0.4 is 5.32 Å². The van der Waals surface area contributed by atoms with E-state index in [1.165, 1.54) is 17.4 Å². The Morgan fingerprint density at radius 1 is 1.04 bits per heavy atom. The van der Waals surface area contributed by atoms with Crippen molar-refractivity contribution in [3.63, 3.8) is 0 Å². The lowest BCUT2D eigenvalue weighted by molar-refractivity contribution is 0.0945. The van der Waals surface area contributed by atoms with Crippen molar-refractivity contribution < 1.29 is 9.21 Å². The molecule has 0 saturated carbocycles. The fourth-order valence-electron chi connectivity index (χ4n) is 2.88. The number of rotatable bonds is 8. The standard InChI is InChI=1S/C23H27N3O2/c1-17(2)26(14-20-11-9-18(3)10-12-20)15-22-25-21(16-28-22)23(27)24-13-19-7-5-4-6-8-19/h4-12,16-17H,13-15H2,1-3H3,(H,24,27). The summed E-state index contributed by atoms with van der Waals surface area (Å²) in [4.78, 5) is 19.0. The van der Waals surface area contributed by atoms with Crippen LogP contribution in [-0.2, 0) is 19.6 Å². The molecule has 0 aliphatic carbocycles. The maximum absolute atomic E-state index is 12.3. The molecule has 1 amide bonds. The topological polar surface area (TPSA) is 58.4 Å². The van der Waals surface area contributed by atoms with E-state index in [2.05, 4.69) is 60.2 Å². The quantitative estimate of drug-likeness (QED) is 0.635. The number of hydrogen-bond acceptors (Lipinski definition) is 4. The normalized spacial score (nSPS) is 11.2. The molecule has 3 rings (SSSR count). The van der Waals surface area contributed by atoms with Gasteiger partial charge in [-0.15, -0.1) is 0 Å². The fourth-order valence-corrected chi connectivity index (χ4v) is 2.88. The molecule has 5 heteroatoms. The number of carbonyl (C=O) groups is 1. The number of aromatic nitrogens is 1. The zero-order chi connectivity index (χ0) is 19.9. The Bertz CT molecular complexity index is 886. The van der Waals surface area contributed by atoms with Crippen molar-refractivity contribution in [2.24, 2.45) is 0 Å². The molecule has 0 fully saturated rings. The lowest BCUT2D eigenvalue weighted by Gasteiger charge is -2.25. The minimum Gasteiger partial charge on any atom is -0.447 e. The summed E-state index contributed by atoms with van der Waals surface area (Å²) in [6.45, 7) is 8.19. The van der Waals surface area contributed by atoms with Crippen molar-refractivity contribution in [1.29, 1.82) is 0 Å². The molecule has 1 N–H and O–H groups in total. The second-order valence-corrected chi connectivity index (χ2v) is 7.28. The van der Waals surface area contributed by atoms with Crippen LogP contribution >= 0.6 is 0 Å². The van der Waals surface area contributed by atoms with Gasteiger partial charge in [0, 0.05) is 19.1 Å². The third-order valence-electron chi connectivity index (χ3n) is 4.66. The van der Waals surface area contributed by atoms with Gasteiger partial charge in [0.1, 0.15) is 6.26 Å². The smallest absolute Gasteiger partial charge is 0.273 e. The summed E-state index contributed by atoms with van der Waals surface area (Å²) in [5.74, 6) is 0.319. The number of oxazole rings is 1. The lowest BCUT2D eigenvalue weighted by atomic mass is 10.1. The zero-order valence-corrected chi connectivity index (χ0v) is 16.7. The molecule has 5 nitrogen and oxygen atoms in total. The average molecular weight is 377 g/mol. The molecule has 0 aliphatic heterocycles. The van der Waals surface area contributed by atoms with Crippen LogP contribution in [0, 0.1) is 6.92 Å². The van der Waals surface area contributed by atoms with Crippen LogP contribution in [0.25, 0.3) is 0 Å². The van der Waals surface area contributed by atoms with Gasteiger partial charge in [0.15, 0.2) is 5.69 Å². The SMILES string of the molecule is Cc1ccc(CN(Cc2nc(C(=O)NCc3ccccc3)co2)C(C)C)cc1. The molecule has 0 radical (unpaired) electrons. The largest absolute Gasteiger partial charge is 0.447 e. The van der Waals surface area contributed by atoms with E-state index in [0.29, 0.717) is 30.7 Å². The highest BCUT2D eigenvalue weighted by Crippen LogP contribution is 2.14. The van der Waals surface area contributed by atoms with E-state index in [1.807, 2.05) is 30.3 Å². The van der Waals surface area contributed by atoms with Gasteiger partial charge in [0.05, 0.1) is 6.54 Å². The molecule has 3 aromatic rings. The first-order chi connectivity index (χ1) is 13.5. The van der Waals surface area contributed by atoms with Crippen molar-refractivity contribution in [3.8, 4) is 0 Å². The molecule has 0 bridgehead atoms. The van der Waals surface area contributed by atoms with Crippen molar-refractivity contribution in [2.75, 3.05) is 0 Å². The minimum absolute atomic E-state index is 0.228. The van der Waals surface area contributed by atoms with Gasteiger partial charge in [-0.2, -0.15) is 0 Å². The van der Waals surface area contributed by atoms with Crippen LogP contribution in [0.2, 0.25) is 0 Å². The van der Waals surface area contributed by atoms with Crippen LogP contribution in [-0.4, -0.2) is 21.8 Å². The molecule has 146 valence electrons. The molecule has 28 heavy (non-hydrogen) atoms. The Morgan fingerprint density at radius 3 is 2.43 bits per heavy atom. The molecule has 0 aliphatic rings. The van der Waals surface area contributed by atoms with Gasteiger partial charge < -0.3 is 9.73 Å². The maximum atomic E-state index is 12.3. The molecule has 0 spiro atoms. The summed E-state index contributed by atoms with van der Waals surface area (Å²) in [5, 5.41) is 2.87. The van der Waals surface area contributed by atoms with Gasteiger partial charge in [-0.3, -0.25) is 9.69 Å². The van der Waals surface area contributed by atoms with E-state index in [-0.39, 0.29) is 5.91 Å². The molecule has 0 atom stereocenters. The van der Waals surface area contributed by atoms with Crippen molar-refractivity contribution >= 4 is 5.91 Å². The van der Waals surface area contributed by atoms with Gasteiger partial charge in [-0.05, 0) is 31.9 Å². The fraction of sp³-hybridized carbons (Fsp3) is 0.304. The number of nitrogens with one attached hydrogen (secondary N) is 1. The van der Waals surface area contributed by atoms with Crippen LogP contribution in [0.15, 0.2) is 65.3 Å². The number of aryl methyl sites for hydroxylation is 1. The summed E-state index contributed by atoms with van der Waals surface area (Å²) < 4.78 is 5.56. The number of benzene rings is 2. The molecule has 1 aromatic heterocycles. The van der Waals surface area contributed by atoms with E-state index in [4.69, 9.17) is 4.42 Å². The highest BCUT2D eigenvalue weighted by Gasteiger charge is 2.17. The number of carbonyl (C=O) groups excluding carboxylic acids is 1. The first-order valence-corrected chi connectivity index (χ1v) is 9.57. The zero-order valence-electron chi connectivity index (χ0n) is 16.7. The van der Waals surface area contributed by atoms with Crippen molar-refractivity contribution in [1.82, 2.24) is 15.2 Å². The molecule has 0 unspecified atom stereocenters. The summed E-state index contributed by atoms with van der Waals surface area (Å²) in [6.07, 6.45) is 1.43. The average Bonchev–Trinajstić information content (AvgIpc) is 3.17. The second kappa shape index (κ2) is 9.33. The Kier molecular flexibility index (Phi) is 6.61. The number of amides is 1. The van der Waals surface area contributed by atoms with Gasteiger partial charge in [-0.25, -0.2) is 4.98 Å². The first kappa shape index (κ1) is 19.8. The van der Waals surface area contributed by atoms with E-state index >= 15 is 0 Å². The van der Waals surface area contributed by atoms with E-state index in [9.17, 15) is 4.79 Å². The Hall–Kier alpha value is -2.92. The van der Waals surface area contributed by atoms with Crippen LogP contribution in [0.4, 0.5) is 0 Å². The van der Waals surface area contributed by atoms with Crippen LogP contribution in [0.1, 0.15) is 46.9 Å². The van der Waals surface area contributed by atoms with Gasteiger partial charge in [0.2, 0.25) is 5.89 Å². The van der Waals surface area contributed by atoms with E-state index in [1.54, 1.807) is 0 Å². The molecule has 2 aromatic carbocycles. The van der Waals surface area contributed by atoms with Crippen LogP contribution in [0.5, 0.6) is 0 Å². The maximum Gasteiger partial charge on any atom is 0.273 e. The Morgan fingerprint density at radius 2 is 1.75 bits per heavy atom. The first-order valence-electron chi connectivity index (χ1n) is 9.57. The van der Waals surface area contributed by atoms with E-state index < -0.39 is 0 Å². The summed E-state index contributed by atoms with van der Waals surface area (Å²) in [5.41, 5.74) is 3.85. The lowest BCUT2D eigenvalue weighted by Crippen LogP contribution is -2.30. The van der Waals surface area contributed by atoms with Crippen molar-refractivity contribution in [3.05, 3.63) is 89.1 Å². The molecular weight excluding hydrogens is 350 g/mol. The van der Waals surface area contributed by atoms with Crippen molar-refractivity contribution in [2.45, 2.75) is 46.4 Å². The van der Waals surface area contributed by atoms with Crippen LogP contribution in [0.3, 0.4) is 0 Å². The third-order valence-corrected chi connectivity index (χ3v) is 4.66. The highest BCUT2D eigenvalue weighted by atomic mass is 16.3. The summed E-state index contributed by atoms with van der Waals surface area (Å²) >= 11 is 0. The molecule has 1 heterocycles. The summed E-state index contributed by atoms with van der Waals surface area (Å²) in [6, 6.07) is 18.6. The molecule has 0 saturated heterocycles. The summed E-state index contributed by atoms with van der Waals surface area (Å²) in [7, 11) is 0. The Balaban J connectivity index is 1.59. The van der Waals surface area contributed by atoms with E-state index in [0.717, 1.165) is 12.1 Å². The Labute approximate surface area is 166 Å². The van der Waals surface area contributed by atoms with Gasteiger partial charge >= 0.3 is 0 Å². The van der Waals surface area contributed by atoms with Gasteiger partial charge in [0.25, 0.3) is 5.91 Å². The predicted octanol–water partition coefficient (Wildman–Crippen LogP) is 4.32. The monoisotopic (exact) mass is 377 g/mol. The minimum atomic E-state index is -0.228.